The van der Waals surface area contributed by atoms with Gasteiger partial charge in [-0.15, -0.1) is 0 Å². The highest BCUT2D eigenvalue weighted by Crippen LogP contribution is 2.41. The predicted octanol–water partition coefficient (Wildman–Crippen LogP) is 2.27. The number of hydrogen-bond acceptors (Lipinski definition) is 7. The van der Waals surface area contributed by atoms with Crippen molar-refractivity contribution >= 4 is 17.5 Å². The Labute approximate surface area is 172 Å². The minimum atomic E-state index is -2.99. The fraction of sp³-hybridized carbons (Fsp3) is 0.500. The number of hydrogen-bond donors (Lipinski definition) is 1. The van der Waals surface area contributed by atoms with E-state index in [2.05, 4.69) is 19.6 Å². The van der Waals surface area contributed by atoms with Crippen molar-refractivity contribution < 1.29 is 18.3 Å². The van der Waals surface area contributed by atoms with E-state index >= 15 is 0 Å². The van der Waals surface area contributed by atoms with Crippen LogP contribution >= 0.6 is 0 Å². The molecule has 2 aromatic rings. The SMILES string of the molecule is CC(=O)N1C[C@@H]2CN(c3cc(-c4cnc(N)c(OC(F)F)c4)nc(C4CC4)n3)C[C@@H]21. The molecule has 2 aromatic heterocycles. The number of likely N-dealkylation sites (tertiary alicyclic amines) is 1. The van der Waals surface area contributed by atoms with Crippen LogP contribution in [0.15, 0.2) is 18.3 Å². The number of alkyl halides is 2. The summed E-state index contributed by atoms with van der Waals surface area (Å²) < 4.78 is 29.9. The number of halogens is 2. The molecule has 4 heterocycles. The molecular weight excluding hydrogens is 394 g/mol. The van der Waals surface area contributed by atoms with E-state index < -0.39 is 6.61 Å². The molecule has 0 aromatic carbocycles. The number of anilines is 2. The van der Waals surface area contributed by atoms with E-state index in [1.165, 1.54) is 12.3 Å². The number of carbonyl (C=O) groups excluding carboxylic acids is 1. The van der Waals surface area contributed by atoms with Gasteiger partial charge in [-0.1, -0.05) is 0 Å². The van der Waals surface area contributed by atoms with Crippen molar-refractivity contribution in [1.29, 1.82) is 0 Å². The van der Waals surface area contributed by atoms with Crippen LogP contribution in [0.4, 0.5) is 20.4 Å². The largest absolute Gasteiger partial charge is 0.431 e. The van der Waals surface area contributed by atoms with Gasteiger partial charge in [-0.3, -0.25) is 4.79 Å². The lowest BCUT2D eigenvalue weighted by Gasteiger charge is -2.42. The zero-order chi connectivity index (χ0) is 21.0. The van der Waals surface area contributed by atoms with Crippen molar-refractivity contribution in [2.24, 2.45) is 5.92 Å². The maximum Gasteiger partial charge on any atom is 0.387 e. The standard InChI is InChI=1S/C20H22F2N6O2/c1-10(29)28-8-13-7-27(9-15(13)28)17-5-14(25-19(26-17)11-2-3-11)12-4-16(30-20(21)22)18(23)24-6-12/h4-6,11,13,15,20H,2-3,7-9H2,1H3,(H2,23,24)/t13-,15-/m0/s1. The van der Waals surface area contributed by atoms with Crippen molar-refractivity contribution in [3.05, 3.63) is 24.2 Å². The lowest BCUT2D eigenvalue weighted by atomic mass is 9.92. The Bertz CT molecular complexity index is 999. The number of nitrogens with zero attached hydrogens (tertiary/aromatic N) is 5. The lowest BCUT2D eigenvalue weighted by Crippen LogP contribution is -2.57. The maximum absolute atomic E-state index is 12.7. The Balaban J connectivity index is 1.47. The fourth-order valence-corrected chi connectivity index (χ4v) is 4.26. The molecule has 1 amide bonds. The first-order chi connectivity index (χ1) is 14.4. The molecule has 30 heavy (non-hydrogen) atoms. The molecule has 2 atom stereocenters. The van der Waals surface area contributed by atoms with Crippen LogP contribution in [0.3, 0.4) is 0 Å². The summed E-state index contributed by atoms with van der Waals surface area (Å²) in [4.78, 5) is 29.2. The van der Waals surface area contributed by atoms with Crippen LogP contribution < -0.4 is 15.4 Å². The van der Waals surface area contributed by atoms with Gasteiger partial charge in [-0.25, -0.2) is 15.0 Å². The summed E-state index contributed by atoms with van der Waals surface area (Å²) in [5.74, 6) is 2.12. The number of rotatable bonds is 5. The number of pyridine rings is 1. The number of nitrogen functional groups attached to an aromatic ring is 1. The zero-order valence-electron chi connectivity index (χ0n) is 16.5. The van der Waals surface area contributed by atoms with Gasteiger partial charge >= 0.3 is 6.61 Å². The number of aromatic nitrogens is 3. The second-order valence-corrected chi connectivity index (χ2v) is 8.13. The smallest absolute Gasteiger partial charge is 0.387 e. The van der Waals surface area contributed by atoms with Gasteiger partial charge in [0.2, 0.25) is 5.91 Å². The van der Waals surface area contributed by atoms with Crippen LogP contribution in [0.25, 0.3) is 11.3 Å². The van der Waals surface area contributed by atoms with Gasteiger partial charge < -0.3 is 20.3 Å². The Morgan fingerprint density at radius 3 is 2.73 bits per heavy atom. The van der Waals surface area contributed by atoms with E-state index in [4.69, 9.17) is 10.7 Å². The molecule has 2 saturated heterocycles. The van der Waals surface area contributed by atoms with Crippen molar-refractivity contribution in [2.45, 2.75) is 38.3 Å². The monoisotopic (exact) mass is 416 g/mol. The normalized spacial score (nSPS) is 22.8. The molecule has 3 aliphatic rings. The van der Waals surface area contributed by atoms with Gasteiger partial charge in [-0.2, -0.15) is 8.78 Å². The molecular formula is C20H22F2N6O2. The molecule has 0 radical (unpaired) electrons. The Hall–Kier alpha value is -3.04. The van der Waals surface area contributed by atoms with Gasteiger partial charge in [0.15, 0.2) is 11.6 Å². The van der Waals surface area contributed by atoms with Crippen molar-refractivity contribution in [2.75, 3.05) is 30.3 Å². The quantitative estimate of drug-likeness (QED) is 0.798. The molecule has 0 unspecified atom stereocenters. The van der Waals surface area contributed by atoms with Crippen LogP contribution in [0.1, 0.15) is 31.5 Å². The van der Waals surface area contributed by atoms with Gasteiger partial charge in [0.05, 0.1) is 11.7 Å². The van der Waals surface area contributed by atoms with Gasteiger partial charge in [0, 0.05) is 56.2 Å². The van der Waals surface area contributed by atoms with Crippen LogP contribution in [0.2, 0.25) is 0 Å². The Morgan fingerprint density at radius 2 is 2.03 bits per heavy atom. The average Bonchev–Trinajstić information content (AvgIpc) is 3.48. The van der Waals surface area contributed by atoms with Gasteiger partial charge in [0.25, 0.3) is 0 Å². The summed E-state index contributed by atoms with van der Waals surface area (Å²) in [6.07, 6.45) is 3.57. The first-order valence-corrected chi connectivity index (χ1v) is 10.0. The van der Waals surface area contributed by atoms with Crippen molar-refractivity contribution in [3.8, 4) is 17.0 Å². The number of ether oxygens (including phenoxy) is 1. The third-order valence-electron chi connectivity index (χ3n) is 6.03. The molecule has 0 bridgehead atoms. The average molecular weight is 416 g/mol. The topological polar surface area (TPSA) is 97.5 Å². The van der Waals surface area contributed by atoms with Gasteiger partial charge in [-0.05, 0) is 18.9 Å². The fourth-order valence-electron chi connectivity index (χ4n) is 4.26. The number of nitrogens with two attached hydrogens (primary N) is 1. The number of fused-ring (bicyclic) bond motifs is 1. The Morgan fingerprint density at radius 1 is 1.23 bits per heavy atom. The van der Waals surface area contributed by atoms with Gasteiger partial charge in [0.1, 0.15) is 11.6 Å². The highest BCUT2D eigenvalue weighted by Gasteiger charge is 2.47. The Kier molecular flexibility index (Phi) is 4.44. The molecule has 1 saturated carbocycles. The molecule has 3 fully saturated rings. The molecule has 5 rings (SSSR count). The minimum absolute atomic E-state index is 0.0969. The lowest BCUT2D eigenvalue weighted by molar-refractivity contribution is -0.138. The first-order valence-electron chi connectivity index (χ1n) is 10.0. The summed E-state index contributed by atoms with van der Waals surface area (Å²) in [7, 11) is 0. The van der Waals surface area contributed by atoms with E-state index in [1.807, 2.05) is 11.0 Å². The molecule has 1 aliphatic carbocycles. The maximum atomic E-state index is 12.7. The van der Waals surface area contributed by atoms with E-state index in [9.17, 15) is 13.6 Å². The summed E-state index contributed by atoms with van der Waals surface area (Å²) in [5.41, 5.74) is 6.80. The molecule has 10 heteroatoms. The zero-order valence-corrected chi connectivity index (χ0v) is 16.5. The van der Waals surface area contributed by atoms with Crippen molar-refractivity contribution in [1.82, 2.24) is 19.9 Å². The summed E-state index contributed by atoms with van der Waals surface area (Å²) in [5, 5.41) is 0. The van der Waals surface area contributed by atoms with E-state index in [1.54, 1.807) is 6.92 Å². The van der Waals surface area contributed by atoms with E-state index in [0.29, 0.717) is 23.1 Å². The number of carbonyl (C=O) groups is 1. The molecule has 2 aliphatic heterocycles. The second kappa shape index (κ2) is 7.03. The van der Waals surface area contributed by atoms with E-state index in [0.717, 1.165) is 44.1 Å². The molecule has 8 nitrogen and oxygen atoms in total. The third-order valence-corrected chi connectivity index (χ3v) is 6.03. The highest BCUT2D eigenvalue weighted by molar-refractivity contribution is 5.75. The van der Waals surface area contributed by atoms with Crippen LogP contribution in [-0.4, -0.2) is 58.0 Å². The summed E-state index contributed by atoms with van der Waals surface area (Å²) in [6.45, 7) is 0.941. The summed E-state index contributed by atoms with van der Waals surface area (Å²) >= 11 is 0. The second-order valence-electron chi connectivity index (χ2n) is 8.13. The minimum Gasteiger partial charge on any atom is -0.431 e. The summed E-state index contributed by atoms with van der Waals surface area (Å²) in [6, 6.07) is 3.49. The first kappa shape index (κ1) is 19.0. The number of amides is 1. The van der Waals surface area contributed by atoms with Crippen molar-refractivity contribution in [3.63, 3.8) is 0 Å². The van der Waals surface area contributed by atoms with Crippen LogP contribution in [0.5, 0.6) is 5.75 Å². The highest BCUT2D eigenvalue weighted by atomic mass is 19.3. The molecule has 0 spiro atoms. The third kappa shape index (κ3) is 3.40. The molecule has 2 N–H and O–H groups in total. The van der Waals surface area contributed by atoms with E-state index in [-0.39, 0.29) is 23.5 Å². The molecule has 158 valence electrons. The van der Waals surface area contributed by atoms with Crippen LogP contribution in [-0.2, 0) is 4.79 Å². The predicted molar refractivity (Wildman–Crippen MR) is 105 cm³/mol. The van der Waals surface area contributed by atoms with Crippen LogP contribution in [0, 0.1) is 5.92 Å².